The van der Waals surface area contributed by atoms with Crippen molar-refractivity contribution in [3.63, 3.8) is 0 Å². The average molecular weight is 337 g/mol. The van der Waals surface area contributed by atoms with Crippen LogP contribution in [-0.4, -0.2) is 23.9 Å². The molecule has 1 amide bonds. The standard InChI is InChI=1S/C18H21FN2O.ClH/c1-2-21(14-15-7-4-3-5-8-15)12-11-18(22)20-17-10-6-9-16(19)13-17;/h3-10,13H,2,11-12,14H2,1H3,(H,20,22);1H. The van der Waals surface area contributed by atoms with Gasteiger partial charge in [0.15, 0.2) is 0 Å². The minimum absolute atomic E-state index is 0. The molecule has 0 bridgehead atoms. The largest absolute Gasteiger partial charge is 0.326 e. The smallest absolute Gasteiger partial charge is 0.225 e. The number of hydrogen-bond donors (Lipinski definition) is 1. The lowest BCUT2D eigenvalue weighted by Crippen LogP contribution is -2.27. The molecule has 0 radical (unpaired) electrons. The molecule has 0 saturated heterocycles. The molecule has 0 saturated carbocycles. The lowest BCUT2D eigenvalue weighted by molar-refractivity contribution is -0.116. The molecule has 124 valence electrons. The minimum Gasteiger partial charge on any atom is -0.326 e. The van der Waals surface area contributed by atoms with Gasteiger partial charge in [-0.2, -0.15) is 0 Å². The Balaban J connectivity index is 0.00000264. The van der Waals surface area contributed by atoms with Crippen molar-refractivity contribution in [1.82, 2.24) is 4.90 Å². The first-order valence-corrected chi connectivity index (χ1v) is 7.49. The summed E-state index contributed by atoms with van der Waals surface area (Å²) in [5.41, 5.74) is 1.73. The second-order valence-electron chi connectivity index (χ2n) is 5.16. The highest BCUT2D eigenvalue weighted by atomic mass is 35.5. The number of nitrogens with one attached hydrogen (secondary N) is 1. The van der Waals surface area contributed by atoms with Gasteiger partial charge in [-0.15, -0.1) is 12.4 Å². The summed E-state index contributed by atoms with van der Waals surface area (Å²) < 4.78 is 13.1. The fraction of sp³-hybridized carbons (Fsp3) is 0.278. The first-order chi connectivity index (χ1) is 10.7. The predicted octanol–water partition coefficient (Wildman–Crippen LogP) is 4.10. The summed E-state index contributed by atoms with van der Waals surface area (Å²) in [6.45, 7) is 4.45. The van der Waals surface area contributed by atoms with Crippen LogP contribution in [0.3, 0.4) is 0 Å². The molecule has 0 unspecified atom stereocenters. The molecule has 23 heavy (non-hydrogen) atoms. The van der Waals surface area contributed by atoms with Crippen molar-refractivity contribution < 1.29 is 9.18 Å². The van der Waals surface area contributed by atoms with Gasteiger partial charge in [-0.25, -0.2) is 4.39 Å². The van der Waals surface area contributed by atoms with Gasteiger partial charge in [-0.3, -0.25) is 9.69 Å². The fourth-order valence-corrected chi connectivity index (χ4v) is 2.24. The van der Waals surface area contributed by atoms with E-state index in [1.165, 1.54) is 17.7 Å². The molecule has 0 aliphatic heterocycles. The molecule has 0 aromatic heterocycles. The van der Waals surface area contributed by atoms with E-state index in [0.29, 0.717) is 18.7 Å². The van der Waals surface area contributed by atoms with Crippen molar-refractivity contribution in [2.45, 2.75) is 19.9 Å². The maximum absolute atomic E-state index is 13.1. The summed E-state index contributed by atoms with van der Waals surface area (Å²) in [4.78, 5) is 14.1. The number of halogens is 2. The van der Waals surface area contributed by atoms with Gasteiger partial charge in [0.2, 0.25) is 5.91 Å². The van der Waals surface area contributed by atoms with Crippen LogP contribution < -0.4 is 5.32 Å². The van der Waals surface area contributed by atoms with Crippen LogP contribution in [0.4, 0.5) is 10.1 Å². The lowest BCUT2D eigenvalue weighted by Gasteiger charge is -2.20. The van der Waals surface area contributed by atoms with Gasteiger partial charge in [0.1, 0.15) is 5.82 Å². The van der Waals surface area contributed by atoms with Gasteiger partial charge in [0.25, 0.3) is 0 Å². The third kappa shape index (κ3) is 6.80. The zero-order chi connectivity index (χ0) is 15.8. The molecule has 2 aromatic rings. The molecular weight excluding hydrogens is 315 g/mol. The Morgan fingerprint density at radius 3 is 2.52 bits per heavy atom. The molecule has 2 rings (SSSR count). The summed E-state index contributed by atoms with van der Waals surface area (Å²) >= 11 is 0. The number of rotatable bonds is 7. The van der Waals surface area contributed by atoms with Gasteiger partial charge in [-0.1, -0.05) is 43.3 Å². The van der Waals surface area contributed by atoms with Gasteiger partial charge in [0, 0.05) is 25.2 Å². The first-order valence-electron chi connectivity index (χ1n) is 7.49. The van der Waals surface area contributed by atoms with Crippen molar-refractivity contribution >= 4 is 24.0 Å². The number of amides is 1. The van der Waals surface area contributed by atoms with Crippen LogP contribution in [0.25, 0.3) is 0 Å². The van der Waals surface area contributed by atoms with Gasteiger partial charge >= 0.3 is 0 Å². The fourth-order valence-electron chi connectivity index (χ4n) is 2.24. The van der Waals surface area contributed by atoms with Crippen LogP contribution in [0.2, 0.25) is 0 Å². The molecule has 0 aliphatic carbocycles. The number of nitrogens with zero attached hydrogens (tertiary/aromatic N) is 1. The summed E-state index contributed by atoms with van der Waals surface area (Å²) in [7, 11) is 0. The third-order valence-electron chi connectivity index (χ3n) is 3.46. The van der Waals surface area contributed by atoms with E-state index in [2.05, 4.69) is 29.3 Å². The number of hydrogen-bond acceptors (Lipinski definition) is 2. The van der Waals surface area contributed by atoms with Gasteiger partial charge < -0.3 is 5.32 Å². The van der Waals surface area contributed by atoms with Gasteiger partial charge in [-0.05, 0) is 30.3 Å². The Labute approximate surface area is 142 Å². The molecule has 0 heterocycles. The van der Waals surface area contributed by atoms with E-state index in [-0.39, 0.29) is 24.1 Å². The highest BCUT2D eigenvalue weighted by molar-refractivity contribution is 5.90. The summed E-state index contributed by atoms with van der Waals surface area (Å²) in [6, 6.07) is 16.1. The van der Waals surface area contributed by atoms with Crippen LogP contribution in [0.5, 0.6) is 0 Å². The van der Waals surface area contributed by atoms with E-state index < -0.39 is 0 Å². The van der Waals surface area contributed by atoms with E-state index in [1.54, 1.807) is 12.1 Å². The molecule has 0 fully saturated rings. The second kappa shape index (κ2) is 9.98. The molecule has 5 heteroatoms. The monoisotopic (exact) mass is 336 g/mol. The average Bonchev–Trinajstić information content (AvgIpc) is 2.52. The quantitative estimate of drug-likeness (QED) is 0.825. The molecule has 0 atom stereocenters. The molecule has 0 spiro atoms. The van der Waals surface area contributed by atoms with Crippen molar-refractivity contribution in [1.29, 1.82) is 0 Å². The van der Waals surface area contributed by atoms with E-state index in [0.717, 1.165) is 13.1 Å². The molecule has 1 N–H and O–H groups in total. The number of anilines is 1. The maximum Gasteiger partial charge on any atom is 0.225 e. The minimum atomic E-state index is -0.350. The van der Waals surface area contributed by atoms with Crippen LogP contribution in [-0.2, 0) is 11.3 Å². The Morgan fingerprint density at radius 1 is 1.13 bits per heavy atom. The Morgan fingerprint density at radius 2 is 1.87 bits per heavy atom. The zero-order valence-electron chi connectivity index (χ0n) is 13.2. The first kappa shape index (κ1) is 19.1. The normalized spacial score (nSPS) is 10.2. The predicted molar refractivity (Wildman–Crippen MR) is 94.3 cm³/mol. The maximum atomic E-state index is 13.1. The molecule has 3 nitrogen and oxygen atoms in total. The number of carbonyl (C=O) groups is 1. The van der Waals surface area contributed by atoms with E-state index >= 15 is 0 Å². The van der Waals surface area contributed by atoms with Crippen LogP contribution in [0, 0.1) is 5.82 Å². The lowest BCUT2D eigenvalue weighted by atomic mass is 10.2. The van der Waals surface area contributed by atoms with Crippen molar-refractivity contribution in [2.24, 2.45) is 0 Å². The van der Waals surface area contributed by atoms with E-state index in [1.807, 2.05) is 18.2 Å². The molecule has 0 aliphatic rings. The molecular formula is C18H22ClFN2O. The third-order valence-corrected chi connectivity index (χ3v) is 3.46. The van der Waals surface area contributed by atoms with Crippen molar-refractivity contribution in [3.05, 3.63) is 66.0 Å². The van der Waals surface area contributed by atoms with Crippen molar-refractivity contribution in [2.75, 3.05) is 18.4 Å². The molecule has 2 aromatic carbocycles. The SMILES string of the molecule is CCN(CCC(=O)Nc1cccc(F)c1)Cc1ccccc1.Cl. The Kier molecular flexibility index (Phi) is 8.30. The Hall–Kier alpha value is -1.91. The number of benzene rings is 2. The number of carbonyl (C=O) groups excluding carboxylic acids is 1. The highest BCUT2D eigenvalue weighted by Crippen LogP contribution is 2.10. The van der Waals surface area contributed by atoms with Crippen LogP contribution in [0.1, 0.15) is 18.9 Å². The zero-order valence-corrected chi connectivity index (χ0v) is 14.0. The van der Waals surface area contributed by atoms with Crippen molar-refractivity contribution in [3.8, 4) is 0 Å². The van der Waals surface area contributed by atoms with E-state index in [4.69, 9.17) is 0 Å². The van der Waals surface area contributed by atoms with Crippen LogP contribution in [0.15, 0.2) is 54.6 Å². The van der Waals surface area contributed by atoms with E-state index in [9.17, 15) is 9.18 Å². The second-order valence-corrected chi connectivity index (χ2v) is 5.16. The van der Waals surface area contributed by atoms with Gasteiger partial charge in [0.05, 0.1) is 0 Å². The van der Waals surface area contributed by atoms with Crippen LogP contribution >= 0.6 is 12.4 Å². The summed E-state index contributed by atoms with van der Waals surface area (Å²) in [5.74, 6) is -0.450. The summed E-state index contributed by atoms with van der Waals surface area (Å²) in [5, 5.41) is 2.72. The summed E-state index contributed by atoms with van der Waals surface area (Å²) in [6.07, 6.45) is 0.386. The Bertz CT molecular complexity index is 607. The topological polar surface area (TPSA) is 32.3 Å². The highest BCUT2D eigenvalue weighted by Gasteiger charge is 2.08.